The Bertz CT molecular complexity index is 1240. The number of ether oxygens (including phenoxy) is 3. The van der Waals surface area contributed by atoms with Gasteiger partial charge in [-0.3, -0.25) is 14.4 Å². The molecule has 0 bridgehead atoms. The largest absolute Gasteiger partial charge is 0.454 e. The summed E-state index contributed by atoms with van der Waals surface area (Å²) in [5.74, 6) is -1.01. The minimum Gasteiger partial charge on any atom is -0.454 e. The van der Waals surface area contributed by atoms with Crippen LogP contribution in [0.25, 0.3) is 0 Å². The molecule has 0 aliphatic carbocycles. The number of aryl methyl sites for hydroxylation is 1. The van der Waals surface area contributed by atoms with Gasteiger partial charge < -0.3 is 19.5 Å². The normalized spacial score (nSPS) is 17.4. The molecule has 10 nitrogen and oxygen atoms in total. The highest BCUT2D eigenvalue weighted by molar-refractivity contribution is 7.89. The van der Waals surface area contributed by atoms with Crippen molar-refractivity contribution in [3.05, 3.63) is 47.5 Å². The molecule has 2 aliphatic rings. The third-order valence-corrected chi connectivity index (χ3v) is 7.54. The maximum absolute atomic E-state index is 13.0. The summed E-state index contributed by atoms with van der Waals surface area (Å²) in [5, 5.41) is 2.54. The summed E-state index contributed by atoms with van der Waals surface area (Å²) in [7, 11) is -3.89. The predicted molar refractivity (Wildman–Crippen MR) is 120 cm³/mol. The minimum atomic E-state index is -3.89. The Morgan fingerprint density at radius 2 is 1.79 bits per heavy atom. The molecule has 0 aromatic heterocycles. The van der Waals surface area contributed by atoms with E-state index in [2.05, 4.69) is 5.32 Å². The van der Waals surface area contributed by atoms with Gasteiger partial charge in [-0.1, -0.05) is 17.7 Å². The number of sulfonamides is 1. The average Bonchev–Trinajstić information content (AvgIpc) is 3.47. The molecule has 4 rings (SSSR count). The van der Waals surface area contributed by atoms with Crippen molar-refractivity contribution in [2.45, 2.75) is 37.6 Å². The number of hydrogen-bond donors (Lipinski definition) is 1. The highest BCUT2D eigenvalue weighted by Crippen LogP contribution is 2.37. The maximum atomic E-state index is 13.0. The average molecular weight is 489 g/mol. The Balaban J connectivity index is 1.41. The van der Waals surface area contributed by atoms with Crippen LogP contribution in [-0.2, 0) is 24.3 Å². The van der Waals surface area contributed by atoms with Gasteiger partial charge in [0.2, 0.25) is 16.8 Å². The Kier molecular flexibility index (Phi) is 6.58. The number of rotatable bonds is 7. The molecule has 180 valence electrons. The number of fused-ring (bicyclic) bond motifs is 1. The topological polar surface area (TPSA) is 128 Å². The quantitative estimate of drug-likeness (QED) is 0.464. The van der Waals surface area contributed by atoms with Gasteiger partial charge in [0, 0.05) is 18.2 Å². The van der Waals surface area contributed by atoms with Crippen LogP contribution in [0.15, 0.2) is 41.3 Å². The summed E-state index contributed by atoms with van der Waals surface area (Å²) in [6.45, 7) is 2.74. The first-order valence-corrected chi connectivity index (χ1v) is 12.1. The van der Waals surface area contributed by atoms with E-state index in [1.807, 2.05) is 6.92 Å². The van der Waals surface area contributed by atoms with E-state index in [4.69, 9.17) is 14.2 Å². The zero-order valence-electron chi connectivity index (χ0n) is 18.7. The lowest BCUT2D eigenvalue weighted by atomic mass is 10.1. The number of carbonyl (C=O) groups is 3. The molecule has 1 atom stereocenters. The monoisotopic (exact) mass is 488 g/mol. The lowest BCUT2D eigenvalue weighted by Crippen LogP contribution is -2.42. The molecule has 11 heteroatoms. The molecule has 0 radical (unpaired) electrons. The van der Waals surface area contributed by atoms with Crippen molar-refractivity contribution in [3.8, 4) is 11.5 Å². The van der Waals surface area contributed by atoms with E-state index in [9.17, 15) is 22.8 Å². The number of ketones is 1. The molecule has 2 aromatic carbocycles. The van der Waals surface area contributed by atoms with E-state index in [1.54, 1.807) is 12.1 Å². The van der Waals surface area contributed by atoms with Crippen LogP contribution in [0.1, 0.15) is 35.7 Å². The van der Waals surface area contributed by atoms with Gasteiger partial charge >= 0.3 is 5.97 Å². The number of nitrogens with zero attached hydrogens (tertiary/aromatic N) is 1. The summed E-state index contributed by atoms with van der Waals surface area (Å²) in [6.07, 6.45) is 0.790. The molecular weight excluding hydrogens is 464 g/mol. The molecule has 1 saturated heterocycles. The fourth-order valence-electron chi connectivity index (χ4n) is 3.86. The second-order valence-corrected chi connectivity index (χ2v) is 9.94. The van der Waals surface area contributed by atoms with E-state index in [1.165, 1.54) is 31.2 Å². The molecule has 2 aliphatic heterocycles. The number of amides is 1. The van der Waals surface area contributed by atoms with Crippen molar-refractivity contribution < 1.29 is 37.0 Å². The van der Waals surface area contributed by atoms with Gasteiger partial charge in [0.15, 0.2) is 23.9 Å². The van der Waals surface area contributed by atoms with Crippen molar-refractivity contribution in [2.75, 3.05) is 25.3 Å². The summed E-state index contributed by atoms with van der Waals surface area (Å²) in [5.41, 5.74) is 1.33. The minimum absolute atomic E-state index is 0.00504. The lowest BCUT2D eigenvalue weighted by Gasteiger charge is -2.22. The van der Waals surface area contributed by atoms with Crippen molar-refractivity contribution in [1.82, 2.24) is 4.31 Å². The number of esters is 1. The second kappa shape index (κ2) is 9.43. The number of Topliss-reactive ketones (excluding diaryl/α,β-unsaturated/α-hetero) is 1. The first kappa shape index (κ1) is 23.7. The fraction of sp³-hybridized carbons (Fsp3) is 0.348. The molecule has 1 N–H and O–H groups in total. The van der Waals surface area contributed by atoms with E-state index < -0.39 is 34.5 Å². The highest BCUT2D eigenvalue weighted by atomic mass is 32.2. The van der Waals surface area contributed by atoms with E-state index in [0.29, 0.717) is 24.3 Å². The number of benzene rings is 2. The van der Waals surface area contributed by atoms with Crippen molar-refractivity contribution in [1.29, 1.82) is 0 Å². The van der Waals surface area contributed by atoms with Crippen LogP contribution in [0.3, 0.4) is 0 Å². The third kappa shape index (κ3) is 4.75. The van der Waals surface area contributed by atoms with Crippen LogP contribution in [-0.4, -0.2) is 56.4 Å². The standard InChI is InChI=1S/C23H24N2O8S/c1-14-5-7-16(8-6-14)34(29,30)25-9-3-4-19(25)23(28)31-12-22(27)24-18-11-21-20(32-13-33-21)10-17(18)15(2)26/h5-8,10-11,19H,3-4,9,12-13H2,1-2H3,(H,24,27)/t19-/m0/s1. The van der Waals surface area contributed by atoms with Gasteiger partial charge in [-0.25, -0.2) is 8.42 Å². The van der Waals surface area contributed by atoms with Crippen LogP contribution in [0.4, 0.5) is 5.69 Å². The number of anilines is 1. The number of nitrogens with one attached hydrogen (secondary N) is 1. The summed E-state index contributed by atoms with van der Waals surface area (Å²) < 4.78 is 42.8. The first-order valence-electron chi connectivity index (χ1n) is 10.7. The molecule has 0 spiro atoms. The van der Waals surface area contributed by atoms with Crippen LogP contribution in [0.2, 0.25) is 0 Å². The predicted octanol–water partition coefficient (Wildman–Crippen LogP) is 2.26. The lowest BCUT2D eigenvalue weighted by molar-refractivity contribution is -0.150. The molecular formula is C23H24N2O8S. The molecule has 2 aromatic rings. The number of hydrogen-bond acceptors (Lipinski definition) is 8. The zero-order chi connectivity index (χ0) is 24.5. The second-order valence-electron chi connectivity index (χ2n) is 8.05. The van der Waals surface area contributed by atoms with Gasteiger partial charge in [-0.15, -0.1) is 0 Å². The van der Waals surface area contributed by atoms with Crippen molar-refractivity contribution >= 4 is 33.4 Å². The van der Waals surface area contributed by atoms with Crippen LogP contribution in [0, 0.1) is 6.92 Å². The Morgan fingerprint density at radius 1 is 1.12 bits per heavy atom. The third-order valence-electron chi connectivity index (χ3n) is 5.61. The van der Waals surface area contributed by atoms with Gasteiger partial charge in [-0.05, 0) is 44.9 Å². The molecule has 0 unspecified atom stereocenters. The SMILES string of the molecule is CC(=O)c1cc2c(cc1NC(=O)COC(=O)[C@@H]1CCCN1S(=O)(=O)c1ccc(C)cc1)OCO2. The molecule has 0 saturated carbocycles. The van der Waals surface area contributed by atoms with E-state index in [-0.39, 0.29) is 35.3 Å². The Morgan fingerprint density at radius 3 is 2.47 bits per heavy atom. The van der Waals surface area contributed by atoms with Crippen LogP contribution in [0.5, 0.6) is 11.5 Å². The summed E-state index contributed by atoms with van der Waals surface area (Å²) in [6, 6.07) is 8.29. The highest BCUT2D eigenvalue weighted by Gasteiger charge is 2.40. The summed E-state index contributed by atoms with van der Waals surface area (Å²) >= 11 is 0. The molecule has 2 heterocycles. The van der Waals surface area contributed by atoms with Gasteiger partial charge in [-0.2, -0.15) is 4.31 Å². The van der Waals surface area contributed by atoms with Gasteiger partial charge in [0.1, 0.15) is 6.04 Å². The van der Waals surface area contributed by atoms with Gasteiger partial charge in [0.25, 0.3) is 5.91 Å². The maximum Gasteiger partial charge on any atom is 0.324 e. The number of carbonyl (C=O) groups excluding carboxylic acids is 3. The molecule has 34 heavy (non-hydrogen) atoms. The zero-order valence-corrected chi connectivity index (χ0v) is 19.5. The Hall–Kier alpha value is -3.44. The Labute approximate surface area is 196 Å². The van der Waals surface area contributed by atoms with Gasteiger partial charge in [0.05, 0.1) is 10.6 Å². The van der Waals surface area contributed by atoms with Crippen LogP contribution < -0.4 is 14.8 Å². The fourth-order valence-corrected chi connectivity index (χ4v) is 5.51. The molecule has 1 amide bonds. The van der Waals surface area contributed by atoms with Crippen molar-refractivity contribution in [2.24, 2.45) is 0 Å². The smallest absolute Gasteiger partial charge is 0.324 e. The van der Waals surface area contributed by atoms with Crippen molar-refractivity contribution in [3.63, 3.8) is 0 Å². The summed E-state index contributed by atoms with van der Waals surface area (Å²) in [4.78, 5) is 37.2. The first-order chi connectivity index (χ1) is 16.2. The van der Waals surface area contributed by atoms with E-state index >= 15 is 0 Å². The van der Waals surface area contributed by atoms with Crippen LogP contribution >= 0.6 is 0 Å². The molecule has 1 fully saturated rings. The van der Waals surface area contributed by atoms with E-state index in [0.717, 1.165) is 9.87 Å².